The van der Waals surface area contributed by atoms with Crippen molar-refractivity contribution in [1.82, 2.24) is 10.6 Å². The second kappa shape index (κ2) is 8.72. The molecule has 0 saturated carbocycles. The van der Waals surface area contributed by atoms with Crippen LogP contribution < -0.4 is 20.1 Å². The molecule has 0 atom stereocenters. The van der Waals surface area contributed by atoms with E-state index in [-0.39, 0.29) is 11.3 Å². The molecule has 1 amide bonds. The van der Waals surface area contributed by atoms with Gasteiger partial charge in [-0.2, -0.15) is 0 Å². The number of ether oxygens (including phenoxy) is 2. The normalized spacial score (nSPS) is 16.5. The molecule has 6 heteroatoms. The van der Waals surface area contributed by atoms with E-state index in [0.29, 0.717) is 30.2 Å². The van der Waals surface area contributed by atoms with Crippen molar-refractivity contribution in [2.24, 2.45) is 5.41 Å². The van der Waals surface area contributed by atoms with E-state index in [1.807, 2.05) is 6.92 Å². The molecule has 2 rings (SSSR count). The van der Waals surface area contributed by atoms with E-state index in [1.54, 1.807) is 19.2 Å². The fourth-order valence-electron chi connectivity index (χ4n) is 2.80. The topological polar surface area (TPSA) is 59.6 Å². The molecule has 0 aliphatic carbocycles. The van der Waals surface area contributed by atoms with E-state index in [1.165, 1.54) is 0 Å². The summed E-state index contributed by atoms with van der Waals surface area (Å²) in [6.45, 7) is 7.58. The predicted octanol–water partition coefficient (Wildman–Crippen LogP) is 3.37. The van der Waals surface area contributed by atoms with Crippen molar-refractivity contribution in [3.63, 3.8) is 0 Å². The number of carbonyl (C=O) groups is 1. The summed E-state index contributed by atoms with van der Waals surface area (Å²) in [5.74, 6) is 1.12. The van der Waals surface area contributed by atoms with Crippen LogP contribution in [0.5, 0.6) is 11.5 Å². The number of carbonyl (C=O) groups excluding carboxylic acids is 1. The number of hydrogen-bond donors (Lipinski definition) is 2. The molecule has 1 aromatic rings. The average Bonchev–Trinajstić information content (AvgIpc) is 2.58. The average molecular weight is 399 g/mol. The zero-order valence-corrected chi connectivity index (χ0v) is 16.3. The molecule has 5 nitrogen and oxygen atoms in total. The van der Waals surface area contributed by atoms with Crippen molar-refractivity contribution >= 4 is 21.8 Å². The van der Waals surface area contributed by atoms with Gasteiger partial charge >= 0.3 is 0 Å². The zero-order valence-electron chi connectivity index (χ0n) is 14.7. The van der Waals surface area contributed by atoms with Crippen LogP contribution in [0.1, 0.15) is 43.5 Å². The number of hydrogen-bond acceptors (Lipinski definition) is 4. The minimum Gasteiger partial charge on any atom is -0.493 e. The van der Waals surface area contributed by atoms with E-state index in [4.69, 9.17) is 9.47 Å². The second-order valence-corrected chi connectivity index (χ2v) is 7.44. The lowest BCUT2D eigenvalue weighted by Crippen LogP contribution is -2.42. The Hall–Kier alpha value is -1.27. The summed E-state index contributed by atoms with van der Waals surface area (Å²) in [7, 11) is 1.58. The van der Waals surface area contributed by atoms with Crippen LogP contribution in [0.25, 0.3) is 0 Å². The van der Waals surface area contributed by atoms with Crippen LogP contribution in [0.4, 0.5) is 0 Å². The Morgan fingerprint density at radius 3 is 2.71 bits per heavy atom. The van der Waals surface area contributed by atoms with E-state index in [0.717, 1.165) is 36.8 Å². The van der Waals surface area contributed by atoms with Gasteiger partial charge in [-0.1, -0.05) is 13.8 Å². The predicted molar refractivity (Wildman–Crippen MR) is 99.0 cm³/mol. The number of piperidine rings is 1. The Bertz CT molecular complexity index is 572. The van der Waals surface area contributed by atoms with Crippen LogP contribution in [0.2, 0.25) is 0 Å². The highest BCUT2D eigenvalue weighted by atomic mass is 79.9. The maximum Gasteiger partial charge on any atom is 0.251 e. The van der Waals surface area contributed by atoms with Crippen molar-refractivity contribution < 1.29 is 14.3 Å². The van der Waals surface area contributed by atoms with Gasteiger partial charge in [0.25, 0.3) is 5.91 Å². The quantitative estimate of drug-likeness (QED) is 0.738. The van der Waals surface area contributed by atoms with Crippen LogP contribution in [0, 0.1) is 5.41 Å². The van der Waals surface area contributed by atoms with Gasteiger partial charge in [-0.3, -0.25) is 4.79 Å². The molecule has 2 N–H and O–H groups in total. The molecule has 0 unspecified atom stereocenters. The van der Waals surface area contributed by atoms with E-state index in [2.05, 4.69) is 33.5 Å². The first-order chi connectivity index (χ1) is 11.5. The van der Waals surface area contributed by atoms with Crippen LogP contribution in [0.15, 0.2) is 16.6 Å². The van der Waals surface area contributed by atoms with Crippen molar-refractivity contribution in [2.45, 2.75) is 33.1 Å². The fourth-order valence-corrected chi connectivity index (χ4v) is 3.35. The van der Waals surface area contributed by atoms with Crippen molar-refractivity contribution in [3.8, 4) is 11.5 Å². The summed E-state index contributed by atoms with van der Waals surface area (Å²) in [4.78, 5) is 12.5. The summed E-state index contributed by atoms with van der Waals surface area (Å²) in [5, 5.41) is 6.42. The molecule has 1 aliphatic rings. The molecule has 1 heterocycles. The highest BCUT2D eigenvalue weighted by Gasteiger charge is 2.27. The molecular formula is C18H27BrN2O3. The molecule has 1 aliphatic heterocycles. The first kappa shape index (κ1) is 19.1. The second-order valence-electron chi connectivity index (χ2n) is 6.58. The molecule has 0 aromatic heterocycles. The van der Waals surface area contributed by atoms with Gasteiger partial charge in [-0.05, 0) is 65.8 Å². The summed E-state index contributed by atoms with van der Waals surface area (Å²) < 4.78 is 11.8. The smallest absolute Gasteiger partial charge is 0.251 e. The number of rotatable bonds is 7. The number of amides is 1. The van der Waals surface area contributed by atoms with E-state index < -0.39 is 0 Å². The molecule has 0 bridgehead atoms. The monoisotopic (exact) mass is 398 g/mol. The van der Waals surface area contributed by atoms with E-state index in [9.17, 15) is 4.79 Å². The largest absolute Gasteiger partial charge is 0.493 e. The third-order valence-corrected chi connectivity index (χ3v) is 5.02. The minimum absolute atomic E-state index is 0.0872. The summed E-state index contributed by atoms with van der Waals surface area (Å²) >= 11 is 3.48. The van der Waals surface area contributed by atoms with Crippen LogP contribution in [-0.4, -0.2) is 39.3 Å². The lowest BCUT2D eigenvalue weighted by molar-refractivity contribution is 0.0921. The third-order valence-electron chi connectivity index (χ3n) is 4.43. The lowest BCUT2D eigenvalue weighted by atomic mass is 9.81. The number of benzene rings is 1. The lowest BCUT2D eigenvalue weighted by Gasteiger charge is -2.34. The standard InChI is InChI=1S/C18H27BrN2O3/c1-4-9-24-16-14(19)10-13(11-15(16)23-3)17(22)21-12-18(2)5-7-20-8-6-18/h10-11,20H,4-9,12H2,1-3H3,(H,21,22). The molecule has 1 saturated heterocycles. The van der Waals surface area contributed by atoms with Crippen LogP contribution in [-0.2, 0) is 0 Å². The summed E-state index contributed by atoms with van der Waals surface area (Å²) in [6, 6.07) is 3.52. The number of nitrogens with one attached hydrogen (secondary N) is 2. The number of methoxy groups -OCH3 is 1. The summed E-state index contributed by atoms with van der Waals surface area (Å²) in [5.41, 5.74) is 0.729. The van der Waals surface area contributed by atoms with E-state index >= 15 is 0 Å². The molecule has 134 valence electrons. The van der Waals surface area contributed by atoms with Gasteiger partial charge < -0.3 is 20.1 Å². The van der Waals surface area contributed by atoms with Gasteiger partial charge in [0.05, 0.1) is 18.2 Å². The molecule has 0 spiro atoms. The van der Waals surface area contributed by atoms with Gasteiger partial charge in [-0.15, -0.1) is 0 Å². The molecule has 1 fully saturated rings. The minimum atomic E-state index is -0.0872. The molecule has 0 radical (unpaired) electrons. The van der Waals surface area contributed by atoms with Crippen molar-refractivity contribution in [3.05, 3.63) is 22.2 Å². The highest BCUT2D eigenvalue weighted by Crippen LogP contribution is 2.37. The summed E-state index contributed by atoms with van der Waals surface area (Å²) in [6.07, 6.45) is 3.06. The highest BCUT2D eigenvalue weighted by molar-refractivity contribution is 9.10. The molecule has 1 aromatic carbocycles. The Morgan fingerprint density at radius 2 is 2.08 bits per heavy atom. The Balaban J connectivity index is 2.07. The Morgan fingerprint density at radius 1 is 1.38 bits per heavy atom. The molecule has 24 heavy (non-hydrogen) atoms. The van der Waals surface area contributed by atoms with Gasteiger partial charge in [0.2, 0.25) is 0 Å². The van der Waals surface area contributed by atoms with Crippen LogP contribution in [0.3, 0.4) is 0 Å². The first-order valence-corrected chi connectivity index (χ1v) is 9.27. The third kappa shape index (κ3) is 4.86. The molecular weight excluding hydrogens is 372 g/mol. The van der Waals surface area contributed by atoms with Gasteiger partial charge in [0, 0.05) is 12.1 Å². The zero-order chi connectivity index (χ0) is 17.6. The SMILES string of the molecule is CCCOc1c(Br)cc(C(=O)NCC2(C)CCNCC2)cc1OC. The Kier molecular flexibility index (Phi) is 6.92. The van der Waals surface area contributed by atoms with Crippen LogP contribution >= 0.6 is 15.9 Å². The van der Waals surface area contributed by atoms with Gasteiger partial charge in [0.15, 0.2) is 11.5 Å². The fraction of sp³-hybridized carbons (Fsp3) is 0.611. The van der Waals surface area contributed by atoms with Gasteiger partial charge in [0.1, 0.15) is 0 Å². The maximum absolute atomic E-state index is 12.5. The van der Waals surface area contributed by atoms with Gasteiger partial charge in [-0.25, -0.2) is 0 Å². The number of halogens is 1. The van der Waals surface area contributed by atoms with Crippen molar-refractivity contribution in [2.75, 3.05) is 33.4 Å². The first-order valence-electron chi connectivity index (χ1n) is 8.48. The Labute approximate surface area is 152 Å². The van der Waals surface area contributed by atoms with Crippen molar-refractivity contribution in [1.29, 1.82) is 0 Å². The maximum atomic E-state index is 12.5.